The summed E-state index contributed by atoms with van der Waals surface area (Å²) < 4.78 is 0. The van der Waals surface area contributed by atoms with Crippen molar-refractivity contribution in [3.63, 3.8) is 0 Å². The van der Waals surface area contributed by atoms with Crippen LogP contribution in [0, 0.1) is 5.92 Å². The van der Waals surface area contributed by atoms with Crippen molar-refractivity contribution in [3.8, 4) is 0 Å². The summed E-state index contributed by atoms with van der Waals surface area (Å²) in [5, 5.41) is 8.63. The first-order valence-electron chi connectivity index (χ1n) is 8.33. The zero-order chi connectivity index (χ0) is 14.4. The Kier molecular flexibility index (Phi) is 6.30. The molecule has 1 heterocycles. The quantitative estimate of drug-likeness (QED) is 0.760. The van der Waals surface area contributed by atoms with E-state index in [9.17, 15) is 4.79 Å². The molecular formula is C16H30N2O2. The molecule has 116 valence electrons. The van der Waals surface area contributed by atoms with Crippen molar-refractivity contribution < 1.29 is 9.90 Å². The van der Waals surface area contributed by atoms with Crippen LogP contribution in [-0.2, 0) is 4.79 Å². The lowest BCUT2D eigenvalue weighted by molar-refractivity contribution is -0.137. The van der Waals surface area contributed by atoms with Crippen molar-refractivity contribution in [1.82, 2.24) is 9.80 Å². The van der Waals surface area contributed by atoms with E-state index in [4.69, 9.17) is 5.11 Å². The van der Waals surface area contributed by atoms with Crippen molar-refractivity contribution in [2.75, 3.05) is 32.7 Å². The molecule has 1 aliphatic carbocycles. The highest BCUT2D eigenvalue weighted by molar-refractivity contribution is 5.66. The van der Waals surface area contributed by atoms with Gasteiger partial charge in [-0.3, -0.25) is 9.69 Å². The van der Waals surface area contributed by atoms with Crippen molar-refractivity contribution in [3.05, 3.63) is 0 Å². The van der Waals surface area contributed by atoms with E-state index in [1.807, 2.05) is 0 Å². The van der Waals surface area contributed by atoms with Gasteiger partial charge < -0.3 is 10.0 Å². The standard InChI is InChI=1S/C16H30N2O2/c1-14-5-7-15(8-6-14)18-12-10-17(11-13-18)9-3-2-4-16(19)20/h14-15H,2-13H2,1H3,(H,19,20). The van der Waals surface area contributed by atoms with E-state index in [2.05, 4.69) is 16.7 Å². The maximum Gasteiger partial charge on any atom is 0.303 e. The van der Waals surface area contributed by atoms with Crippen molar-refractivity contribution in [2.45, 2.75) is 57.9 Å². The molecule has 1 aliphatic heterocycles. The number of unbranched alkanes of at least 4 members (excludes halogenated alkanes) is 1. The first kappa shape index (κ1) is 15.8. The molecule has 1 saturated heterocycles. The van der Waals surface area contributed by atoms with Gasteiger partial charge in [0.2, 0.25) is 0 Å². The van der Waals surface area contributed by atoms with Crippen molar-refractivity contribution >= 4 is 5.97 Å². The van der Waals surface area contributed by atoms with E-state index < -0.39 is 5.97 Å². The van der Waals surface area contributed by atoms with Gasteiger partial charge in [0, 0.05) is 38.6 Å². The normalized spacial score (nSPS) is 29.4. The molecule has 0 bridgehead atoms. The minimum Gasteiger partial charge on any atom is -0.481 e. The molecule has 0 unspecified atom stereocenters. The Bertz CT molecular complexity index is 293. The van der Waals surface area contributed by atoms with E-state index >= 15 is 0 Å². The van der Waals surface area contributed by atoms with Crippen LogP contribution >= 0.6 is 0 Å². The summed E-state index contributed by atoms with van der Waals surface area (Å²) >= 11 is 0. The van der Waals surface area contributed by atoms with Gasteiger partial charge in [0.1, 0.15) is 0 Å². The maximum absolute atomic E-state index is 10.5. The Balaban J connectivity index is 1.59. The number of piperazine rings is 1. The number of hydrogen-bond acceptors (Lipinski definition) is 3. The van der Waals surface area contributed by atoms with E-state index in [1.54, 1.807) is 0 Å². The summed E-state index contributed by atoms with van der Waals surface area (Å²) in [6.07, 6.45) is 7.74. The average molecular weight is 282 g/mol. The lowest BCUT2D eigenvalue weighted by atomic mass is 9.86. The molecule has 1 saturated carbocycles. The Morgan fingerprint density at radius 3 is 2.30 bits per heavy atom. The van der Waals surface area contributed by atoms with Gasteiger partial charge in [-0.05, 0) is 51.0 Å². The maximum atomic E-state index is 10.5. The molecule has 0 spiro atoms. The van der Waals surface area contributed by atoms with Gasteiger partial charge in [0.25, 0.3) is 0 Å². The molecule has 0 amide bonds. The van der Waals surface area contributed by atoms with Gasteiger partial charge in [0.15, 0.2) is 0 Å². The monoisotopic (exact) mass is 282 g/mol. The van der Waals surface area contributed by atoms with E-state index in [0.29, 0.717) is 6.42 Å². The lowest BCUT2D eigenvalue weighted by Crippen LogP contribution is -2.51. The smallest absolute Gasteiger partial charge is 0.303 e. The van der Waals surface area contributed by atoms with E-state index in [1.165, 1.54) is 51.9 Å². The second-order valence-electron chi connectivity index (χ2n) is 6.64. The van der Waals surface area contributed by atoms with Crippen LogP contribution in [0.5, 0.6) is 0 Å². The summed E-state index contributed by atoms with van der Waals surface area (Å²) in [7, 11) is 0. The summed E-state index contributed by atoms with van der Waals surface area (Å²) in [5.74, 6) is 0.267. The topological polar surface area (TPSA) is 43.8 Å². The number of aliphatic carboxylic acids is 1. The fourth-order valence-corrected chi connectivity index (χ4v) is 3.57. The Labute approximate surface area is 123 Å². The Morgan fingerprint density at radius 2 is 1.70 bits per heavy atom. The first-order valence-corrected chi connectivity index (χ1v) is 8.33. The molecule has 2 fully saturated rings. The fourth-order valence-electron chi connectivity index (χ4n) is 3.57. The Hall–Kier alpha value is -0.610. The van der Waals surface area contributed by atoms with Crippen LogP contribution in [-0.4, -0.2) is 59.6 Å². The molecule has 0 radical (unpaired) electrons. The van der Waals surface area contributed by atoms with Crippen molar-refractivity contribution in [1.29, 1.82) is 0 Å². The summed E-state index contributed by atoms with van der Waals surface area (Å²) in [6, 6.07) is 0.834. The van der Waals surface area contributed by atoms with Crippen LogP contribution < -0.4 is 0 Å². The third-order valence-electron chi connectivity index (χ3n) is 5.02. The van der Waals surface area contributed by atoms with Gasteiger partial charge in [-0.1, -0.05) is 6.92 Å². The minimum atomic E-state index is -0.665. The summed E-state index contributed by atoms with van der Waals surface area (Å²) in [6.45, 7) is 8.20. The molecule has 0 aromatic heterocycles. The first-order chi connectivity index (χ1) is 9.65. The molecule has 20 heavy (non-hydrogen) atoms. The van der Waals surface area contributed by atoms with Crippen LogP contribution in [0.4, 0.5) is 0 Å². The molecule has 0 aromatic rings. The summed E-state index contributed by atoms with van der Waals surface area (Å²) in [4.78, 5) is 15.7. The van der Waals surface area contributed by atoms with E-state index in [0.717, 1.165) is 31.3 Å². The highest BCUT2D eigenvalue weighted by Gasteiger charge is 2.26. The second kappa shape index (κ2) is 7.99. The zero-order valence-electron chi connectivity index (χ0n) is 12.9. The Morgan fingerprint density at radius 1 is 1.05 bits per heavy atom. The molecule has 4 nitrogen and oxygen atoms in total. The van der Waals surface area contributed by atoms with Gasteiger partial charge >= 0.3 is 5.97 Å². The number of hydrogen-bond donors (Lipinski definition) is 1. The predicted octanol–water partition coefficient (Wildman–Crippen LogP) is 2.44. The SMILES string of the molecule is CC1CCC(N2CCN(CCCCC(=O)O)CC2)CC1. The third-order valence-corrected chi connectivity index (χ3v) is 5.02. The number of carboxylic acid groups (broad SMARTS) is 1. The summed E-state index contributed by atoms with van der Waals surface area (Å²) in [5.41, 5.74) is 0. The minimum absolute atomic E-state index is 0.320. The highest BCUT2D eigenvalue weighted by Crippen LogP contribution is 2.27. The van der Waals surface area contributed by atoms with Gasteiger partial charge in [-0.15, -0.1) is 0 Å². The fraction of sp³-hybridized carbons (Fsp3) is 0.938. The molecule has 0 atom stereocenters. The van der Waals surface area contributed by atoms with Crippen LogP contribution in [0.1, 0.15) is 51.9 Å². The molecule has 1 N–H and O–H groups in total. The number of carboxylic acids is 1. The highest BCUT2D eigenvalue weighted by atomic mass is 16.4. The molecule has 2 rings (SSSR count). The third kappa shape index (κ3) is 5.06. The molecule has 0 aromatic carbocycles. The van der Waals surface area contributed by atoms with Crippen molar-refractivity contribution in [2.24, 2.45) is 5.92 Å². The van der Waals surface area contributed by atoms with Crippen LogP contribution in [0.2, 0.25) is 0 Å². The lowest BCUT2D eigenvalue weighted by Gasteiger charge is -2.41. The van der Waals surface area contributed by atoms with Gasteiger partial charge in [0.05, 0.1) is 0 Å². The number of nitrogens with zero attached hydrogens (tertiary/aromatic N) is 2. The molecule has 4 heteroatoms. The number of rotatable bonds is 6. The largest absolute Gasteiger partial charge is 0.481 e. The van der Waals surface area contributed by atoms with Crippen LogP contribution in [0.3, 0.4) is 0 Å². The van der Waals surface area contributed by atoms with Gasteiger partial charge in [-0.25, -0.2) is 0 Å². The number of carbonyl (C=O) groups is 1. The van der Waals surface area contributed by atoms with E-state index in [-0.39, 0.29) is 0 Å². The zero-order valence-corrected chi connectivity index (χ0v) is 12.9. The predicted molar refractivity (Wildman–Crippen MR) is 80.9 cm³/mol. The molecular weight excluding hydrogens is 252 g/mol. The van der Waals surface area contributed by atoms with Crippen LogP contribution in [0.15, 0.2) is 0 Å². The van der Waals surface area contributed by atoms with Gasteiger partial charge in [-0.2, -0.15) is 0 Å². The molecule has 2 aliphatic rings. The average Bonchev–Trinajstić information content (AvgIpc) is 2.45. The second-order valence-corrected chi connectivity index (χ2v) is 6.64. The van der Waals surface area contributed by atoms with Crippen LogP contribution in [0.25, 0.3) is 0 Å².